The van der Waals surface area contributed by atoms with Crippen molar-refractivity contribution in [3.8, 4) is 5.75 Å². The Balaban J connectivity index is 2.20. The number of aromatic hydroxyl groups is 1. The third kappa shape index (κ3) is 4.24. The molecular formula is C16H18N2O5S. The number of aliphatic hydroxyl groups is 1. The van der Waals surface area contributed by atoms with Crippen LogP contribution in [0.5, 0.6) is 5.75 Å². The molecule has 128 valence electrons. The fraction of sp³-hybridized carbons (Fsp3) is 0.188. The summed E-state index contributed by atoms with van der Waals surface area (Å²) in [4.78, 5) is 11.8. The van der Waals surface area contributed by atoms with Gasteiger partial charge in [0.25, 0.3) is 15.9 Å². The summed E-state index contributed by atoms with van der Waals surface area (Å²) in [5.41, 5.74) is 1.05. The van der Waals surface area contributed by atoms with Crippen LogP contribution in [0.4, 0.5) is 5.69 Å². The maximum absolute atomic E-state index is 12.3. The lowest BCUT2D eigenvalue weighted by atomic mass is 10.1. The number of aryl methyl sites for hydroxylation is 1. The van der Waals surface area contributed by atoms with Crippen molar-refractivity contribution in [2.75, 3.05) is 17.9 Å². The van der Waals surface area contributed by atoms with Gasteiger partial charge in [0.1, 0.15) is 5.75 Å². The molecule has 4 N–H and O–H groups in total. The van der Waals surface area contributed by atoms with E-state index in [1.807, 2.05) is 6.92 Å². The maximum Gasteiger partial charge on any atom is 0.261 e. The van der Waals surface area contributed by atoms with E-state index in [9.17, 15) is 18.3 Å². The van der Waals surface area contributed by atoms with E-state index in [4.69, 9.17) is 5.11 Å². The largest absolute Gasteiger partial charge is 0.507 e. The van der Waals surface area contributed by atoms with Crippen LogP contribution in [0.2, 0.25) is 0 Å². The fourth-order valence-electron chi connectivity index (χ4n) is 1.98. The molecule has 1 amide bonds. The van der Waals surface area contributed by atoms with Gasteiger partial charge >= 0.3 is 0 Å². The Morgan fingerprint density at radius 1 is 1.12 bits per heavy atom. The summed E-state index contributed by atoms with van der Waals surface area (Å²) in [5.74, 6) is -0.927. The molecule has 0 aliphatic heterocycles. The average Bonchev–Trinajstić information content (AvgIpc) is 2.52. The number of hydrogen-bond acceptors (Lipinski definition) is 5. The molecule has 0 bridgehead atoms. The second kappa shape index (κ2) is 7.33. The van der Waals surface area contributed by atoms with Gasteiger partial charge in [-0.05, 0) is 31.2 Å². The Morgan fingerprint density at radius 2 is 1.79 bits per heavy atom. The first-order valence-electron chi connectivity index (χ1n) is 7.15. The van der Waals surface area contributed by atoms with Crippen molar-refractivity contribution in [1.82, 2.24) is 5.32 Å². The lowest BCUT2D eigenvalue weighted by Crippen LogP contribution is -2.26. The summed E-state index contributed by atoms with van der Waals surface area (Å²) in [5, 5.41) is 21.0. The van der Waals surface area contributed by atoms with Gasteiger partial charge in [0, 0.05) is 12.6 Å². The first-order chi connectivity index (χ1) is 11.3. The normalized spacial score (nSPS) is 11.1. The highest BCUT2D eigenvalue weighted by atomic mass is 32.2. The number of amides is 1. The van der Waals surface area contributed by atoms with E-state index in [0.717, 1.165) is 11.6 Å². The molecular weight excluding hydrogens is 332 g/mol. The predicted molar refractivity (Wildman–Crippen MR) is 89.5 cm³/mol. The quantitative estimate of drug-likeness (QED) is 0.625. The summed E-state index contributed by atoms with van der Waals surface area (Å²) < 4.78 is 26.9. The summed E-state index contributed by atoms with van der Waals surface area (Å²) >= 11 is 0. The van der Waals surface area contributed by atoms with Gasteiger partial charge in [0.05, 0.1) is 22.8 Å². The smallest absolute Gasteiger partial charge is 0.261 e. The van der Waals surface area contributed by atoms with Crippen LogP contribution < -0.4 is 10.0 Å². The van der Waals surface area contributed by atoms with Crippen LogP contribution in [0.15, 0.2) is 47.4 Å². The molecule has 0 aliphatic carbocycles. The number of phenols is 1. The highest BCUT2D eigenvalue weighted by Crippen LogP contribution is 2.24. The van der Waals surface area contributed by atoms with Gasteiger partial charge in [-0.25, -0.2) is 8.42 Å². The molecule has 2 rings (SSSR count). The van der Waals surface area contributed by atoms with Crippen molar-refractivity contribution in [1.29, 1.82) is 0 Å². The highest BCUT2D eigenvalue weighted by molar-refractivity contribution is 7.92. The molecule has 0 heterocycles. The SMILES string of the molecule is Cc1ccc(S(=O)(=O)Nc2ccc(C(=O)NCCO)c(O)c2)cc1. The van der Waals surface area contributed by atoms with Crippen LogP contribution in [-0.4, -0.2) is 37.7 Å². The summed E-state index contributed by atoms with van der Waals surface area (Å²) in [7, 11) is -3.79. The molecule has 0 radical (unpaired) electrons. The van der Waals surface area contributed by atoms with Crippen molar-refractivity contribution in [3.05, 3.63) is 53.6 Å². The second-order valence-electron chi connectivity index (χ2n) is 5.13. The molecule has 7 nitrogen and oxygen atoms in total. The first kappa shape index (κ1) is 17.8. The van der Waals surface area contributed by atoms with Crippen LogP contribution in [0.25, 0.3) is 0 Å². The number of carbonyl (C=O) groups is 1. The van der Waals surface area contributed by atoms with Crippen LogP contribution in [0.1, 0.15) is 15.9 Å². The molecule has 2 aromatic rings. The summed E-state index contributed by atoms with van der Waals surface area (Å²) in [6, 6.07) is 10.2. The Labute approximate surface area is 140 Å². The Kier molecular flexibility index (Phi) is 5.42. The lowest BCUT2D eigenvalue weighted by molar-refractivity contribution is 0.0942. The molecule has 2 aromatic carbocycles. The van der Waals surface area contributed by atoms with Crippen molar-refractivity contribution in [3.63, 3.8) is 0 Å². The third-order valence-corrected chi connectivity index (χ3v) is 4.62. The van der Waals surface area contributed by atoms with Gasteiger partial charge in [-0.15, -0.1) is 0 Å². The van der Waals surface area contributed by atoms with Crippen molar-refractivity contribution < 1.29 is 23.4 Å². The van der Waals surface area contributed by atoms with E-state index in [2.05, 4.69) is 10.0 Å². The zero-order valence-electron chi connectivity index (χ0n) is 13.0. The van der Waals surface area contributed by atoms with Gasteiger partial charge in [-0.2, -0.15) is 0 Å². The molecule has 0 spiro atoms. The van der Waals surface area contributed by atoms with E-state index < -0.39 is 15.9 Å². The number of anilines is 1. The standard InChI is InChI=1S/C16H18N2O5S/c1-11-2-5-13(6-3-11)24(22,23)18-12-4-7-14(15(20)10-12)16(21)17-8-9-19/h2-7,10,18-20H,8-9H2,1H3,(H,17,21). The Morgan fingerprint density at radius 3 is 2.38 bits per heavy atom. The Bertz CT molecular complexity index is 832. The lowest BCUT2D eigenvalue weighted by Gasteiger charge is -2.11. The molecule has 0 saturated carbocycles. The Hall–Kier alpha value is -2.58. The van der Waals surface area contributed by atoms with Crippen molar-refractivity contribution in [2.24, 2.45) is 0 Å². The molecule has 0 unspecified atom stereocenters. The molecule has 0 atom stereocenters. The molecule has 8 heteroatoms. The number of nitrogens with one attached hydrogen (secondary N) is 2. The number of aliphatic hydroxyl groups excluding tert-OH is 1. The predicted octanol–water partition coefficient (Wildman–Crippen LogP) is 1.22. The van der Waals surface area contributed by atoms with Crippen molar-refractivity contribution >= 4 is 21.6 Å². The van der Waals surface area contributed by atoms with Gasteiger partial charge < -0.3 is 15.5 Å². The van der Waals surface area contributed by atoms with E-state index in [1.54, 1.807) is 12.1 Å². The number of rotatable bonds is 6. The van der Waals surface area contributed by atoms with Crippen LogP contribution in [0.3, 0.4) is 0 Å². The minimum Gasteiger partial charge on any atom is -0.507 e. The maximum atomic E-state index is 12.3. The topological polar surface area (TPSA) is 116 Å². The number of carbonyl (C=O) groups excluding carboxylic acids is 1. The number of benzene rings is 2. The van der Waals surface area contributed by atoms with Gasteiger partial charge in [-0.3, -0.25) is 9.52 Å². The number of sulfonamides is 1. The fourth-order valence-corrected chi connectivity index (χ4v) is 3.03. The van der Waals surface area contributed by atoms with Crippen molar-refractivity contribution in [2.45, 2.75) is 11.8 Å². The number of phenolic OH excluding ortho intramolecular Hbond substituents is 1. The monoisotopic (exact) mass is 350 g/mol. The summed E-state index contributed by atoms with van der Waals surface area (Å²) in [6.45, 7) is 1.68. The zero-order chi connectivity index (χ0) is 17.7. The van der Waals surface area contributed by atoms with E-state index in [0.29, 0.717) is 0 Å². The first-order valence-corrected chi connectivity index (χ1v) is 8.63. The molecule has 0 aromatic heterocycles. The van der Waals surface area contributed by atoms with Gasteiger partial charge in [0.2, 0.25) is 0 Å². The van der Waals surface area contributed by atoms with Crippen LogP contribution >= 0.6 is 0 Å². The second-order valence-corrected chi connectivity index (χ2v) is 6.81. The minimum atomic E-state index is -3.79. The van der Waals surface area contributed by atoms with Gasteiger partial charge in [-0.1, -0.05) is 17.7 Å². The zero-order valence-corrected chi connectivity index (χ0v) is 13.8. The van der Waals surface area contributed by atoms with E-state index >= 15 is 0 Å². The third-order valence-electron chi connectivity index (χ3n) is 3.22. The van der Waals surface area contributed by atoms with E-state index in [-0.39, 0.29) is 35.0 Å². The average molecular weight is 350 g/mol. The minimum absolute atomic E-state index is 0.0123. The molecule has 0 aliphatic rings. The number of hydrogen-bond donors (Lipinski definition) is 4. The van der Waals surface area contributed by atoms with Crippen LogP contribution in [0, 0.1) is 6.92 Å². The molecule has 0 saturated heterocycles. The summed E-state index contributed by atoms with van der Waals surface area (Å²) in [6.07, 6.45) is 0. The molecule has 24 heavy (non-hydrogen) atoms. The highest BCUT2D eigenvalue weighted by Gasteiger charge is 2.16. The van der Waals surface area contributed by atoms with Crippen LogP contribution in [-0.2, 0) is 10.0 Å². The van der Waals surface area contributed by atoms with E-state index in [1.165, 1.54) is 24.3 Å². The van der Waals surface area contributed by atoms with Gasteiger partial charge in [0.15, 0.2) is 0 Å². The molecule has 0 fully saturated rings.